The third kappa shape index (κ3) is 2.39. The average Bonchev–Trinajstić information content (AvgIpc) is 3.09. The fraction of sp³-hybridized carbons (Fsp3) is 0.250. The van der Waals surface area contributed by atoms with Gasteiger partial charge in [0.25, 0.3) is 0 Å². The number of aryl methyl sites for hydroxylation is 1. The summed E-state index contributed by atoms with van der Waals surface area (Å²) < 4.78 is 0. The smallest absolute Gasteiger partial charge is 0.138 e. The topological polar surface area (TPSA) is 49.8 Å². The van der Waals surface area contributed by atoms with E-state index < -0.39 is 0 Å². The molecule has 0 fully saturated rings. The standard InChI is InChI=1S/C16H16N4S/c1-10-4-14-15(19-9-20-16(14)21-10)18-6-11-2-3-12-7-17-8-13(12)5-11/h2-5,9,17H,6-8H2,1H3,(H,18,19,20). The summed E-state index contributed by atoms with van der Waals surface area (Å²) in [4.78, 5) is 11.0. The molecule has 0 radical (unpaired) electrons. The molecule has 1 aromatic carbocycles. The normalized spacial score (nSPS) is 13.6. The van der Waals surface area contributed by atoms with Gasteiger partial charge in [-0.05, 0) is 29.7 Å². The van der Waals surface area contributed by atoms with Crippen molar-refractivity contribution in [2.45, 2.75) is 26.6 Å². The zero-order valence-corrected chi connectivity index (χ0v) is 12.6. The van der Waals surface area contributed by atoms with E-state index in [4.69, 9.17) is 0 Å². The summed E-state index contributed by atoms with van der Waals surface area (Å²) in [6.07, 6.45) is 1.63. The molecule has 4 rings (SSSR count). The van der Waals surface area contributed by atoms with Crippen molar-refractivity contribution in [2.75, 3.05) is 5.32 Å². The molecule has 106 valence electrons. The molecular weight excluding hydrogens is 280 g/mol. The Morgan fingerprint density at radius 1 is 1.19 bits per heavy atom. The number of anilines is 1. The number of nitrogens with one attached hydrogen (secondary N) is 2. The predicted molar refractivity (Wildman–Crippen MR) is 86.5 cm³/mol. The highest BCUT2D eigenvalue weighted by Crippen LogP contribution is 2.27. The summed E-state index contributed by atoms with van der Waals surface area (Å²) in [5, 5.41) is 7.93. The molecule has 0 saturated carbocycles. The van der Waals surface area contributed by atoms with Gasteiger partial charge in [0.2, 0.25) is 0 Å². The lowest BCUT2D eigenvalue weighted by atomic mass is 10.1. The second-order valence-corrected chi connectivity index (χ2v) is 6.59. The van der Waals surface area contributed by atoms with Crippen LogP contribution in [-0.4, -0.2) is 9.97 Å². The van der Waals surface area contributed by atoms with Crippen molar-refractivity contribution in [2.24, 2.45) is 0 Å². The molecule has 0 amide bonds. The lowest BCUT2D eigenvalue weighted by molar-refractivity contribution is 0.764. The van der Waals surface area contributed by atoms with Gasteiger partial charge in [0, 0.05) is 24.5 Å². The van der Waals surface area contributed by atoms with Gasteiger partial charge >= 0.3 is 0 Å². The van der Waals surface area contributed by atoms with Gasteiger partial charge in [-0.3, -0.25) is 0 Å². The minimum atomic E-state index is 0.786. The van der Waals surface area contributed by atoms with Crippen molar-refractivity contribution in [1.29, 1.82) is 0 Å². The minimum absolute atomic E-state index is 0.786. The van der Waals surface area contributed by atoms with Gasteiger partial charge in [0.05, 0.1) is 5.39 Å². The maximum atomic E-state index is 4.38. The van der Waals surface area contributed by atoms with Gasteiger partial charge < -0.3 is 10.6 Å². The Hall–Kier alpha value is -1.98. The van der Waals surface area contributed by atoms with Gasteiger partial charge in [-0.1, -0.05) is 18.2 Å². The molecule has 4 nitrogen and oxygen atoms in total. The maximum absolute atomic E-state index is 4.38. The molecule has 0 atom stereocenters. The molecular formula is C16H16N4S. The first-order valence-corrected chi connectivity index (χ1v) is 7.88. The predicted octanol–water partition coefficient (Wildman–Crippen LogP) is 3.22. The van der Waals surface area contributed by atoms with Crippen molar-refractivity contribution >= 4 is 27.4 Å². The number of rotatable bonds is 3. The maximum Gasteiger partial charge on any atom is 0.138 e. The van der Waals surface area contributed by atoms with E-state index in [1.165, 1.54) is 21.6 Å². The molecule has 5 heteroatoms. The molecule has 3 aromatic rings. The van der Waals surface area contributed by atoms with Crippen molar-refractivity contribution in [3.8, 4) is 0 Å². The molecule has 0 bridgehead atoms. The van der Waals surface area contributed by atoms with Crippen molar-refractivity contribution in [3.63, 3.8) is 0 Å². The van der Waals surface area contributed by atoms with E-state index in [0.29, 0.717) is 0 Å². The molecule has 0 aliphatic carbocycles. The molecule has 0 spiro atoms. The van der Waals surface area contributed by atoms with E-state index in [1.807, 2.05) is 0 Å². The number of nitrogens with zero attached hydrogens (tertiary/aromatic N) is 2. The van der Waals surface area contributed by atoms with Crippen LogP contribution in [0.5, 0.6) is 0 Å². The summed E-state index contributed by atoms with van der Waals surface area (Å²) >= 11 is 1.70. The van der Waals surface area contributed by atoms with Gasteiger partial charge in [-0.15, -0.1) is 11.3 Å². The Bertz CT molecular complexity index is 809. The van der Waals surface area contributed by atoms with Gasteiger partial charge in [-0.25, -0.2) is 9.97 Å². The Labute approximate surface area is 127 Å². The van der Waals surface area contributed by atoms with E-state index in [-0.39, 0.29) is 0 Å². The number of hydrogen-bond acceptors (Lipinski definition) is 5. The monoisotopic (exact) mass is 296 g/mol. The molecule has 0 saturated heterocycles. The molecule has 3 heterocycles. The van der Waals surface area contributed by atoms with Gasteiger partial charge in [0.15, 0.2) is 0 Å². The average molecular weight is 296 g/mol. The summed E-state index contributed by atoms with van der Waals surface area (Å²) in [6.45, 7) is 4.85. The number of aromatic nitrogens is 2. The first-order valence-electron chi connectivity index (χ1n) is 7.06. The highest BCUT2D eigenvalue weighted by molar-refractivity contribution is 7.18. The zero-order valence-electron chi connectivity index (χ0n) is 11.8. The molecule has 2 N–H and O–H groups in total. The van der Waals surface area contributed by atoms with Crippen LogP contribution in [0, 0.1) is 6.92 Å². The first kappa shape index (κ1) is 12.7. The largest absolute Gasteiger partial charge is 0.365 e. The fourth-order valence-corrected chi connectivity index (χ4v) is 3.61. The van der Waals surface area contributed by atoms with Crippen LogP contribution in [-0.2, 0) is 19.6 Å². The Kier molecular flexibility index (Phi) is 3.09. The molecule has 1 aliphatic rings. The van der Waals surface area contributed by atoms with Crippen molar-refractivity contribution in [3.05, 3.63) is 52.2 Å². The van der Waals surface area contributed by atoms with Gasteiger partial charge in [-0.2, -0.15) is 0 Å². The second kappa shape index (κ2) is 5.09. The fourth-order valence-electron chi connectivity index (χ4n) is 2.76. The van der Waals surface area contributed by atoms with Crippen LogP contribution in [0.2, 0.25) is 0 Å². The number of benzene rings is 1. The van der Waals surface area contributed by atoms with Crippen molar-refractivity contribution < 1.29 is 0 Å². The molecule has 1 aliphatic heterocycles. The first-order chi connectivity index (χ1) is 10.3. The highest BCUT2D eigenvalue weighted by atomic mass is 32.1. The van der Waals surface area contributed by atoms with E-state index in [2.05, 4.69) is 51.8 Å². The van der Waals surface area contributed by atoms with E-state index in [1.54, 1.807) is 17.7 Å². The number of hydrogen-bond donors (Lipinski definition) is 2. The van der Waals surface area contributed by atoms with E-state index in [0.717, 1.165) is 35.7 Å². The van der Waals surface area contributed by atoms with Gasteiger partial charge in [0.1, 0.15) is 17.0 Å². The van der Waals surface area contributed by atoms with Crippen molar-refractivity contribution in [1.82, 2.24) is 15.3 Å². The summed E-state index contributed by atoms with van der Waals surface area (Å²) in [7, 11) is 0. The van der Waals surface area contributed by atoms with Crippen LogP contribution in [0.25, 0.3) is 10.2 Å². The Balaban J connectivity index is 1.58. The summed E-state index contributed by atoms with van der Waals surface area (Å²) in [5.74, 6) is 0.919. The number of thiophene rings is 1. The molecule has 0 unspecified atom stereocenters. The lowest BCUT2D eigenvalue weighted by Crippen LogP contribution is -2.02. The summed E-state index contributed by atoms with van der Waals surface area (Å²) in [6, 6.07) is 8.83. The second-order valence-electron chi connectivity index (χ2n) is 5.36. The highest BCUT2D eigenvalue weighted by Gasteiger charge is 2.11. The van der Waals surface area contributed by atoms with Crippen LogP contribution >= 0.6 is 11.3 Å². The zero-order chi connectivity index (χ0) is 14.2. The molecule has 2 aromatic heterocycles. The van der Waals surface area contributed by atoms with Crippen LogP contribution in [0.1, 0.15) is 21.6 Å². The molecule has 21 heavy (non-hydrogen) atoms. The van der Waals surface area contributed by atoms with Crippen LogP contribution < -0.4 is 10.6 Å². The number of fused-ring (bicyclic) bond motifs is 2. The lowest BCUT2D eigenvalue weighted by Gasteiger charge is -2.08. The van der Waals surface area contributed by atoms with E-state index in [9.17, 15) is 0 Å². The third-order valence-electron chi connectivity index (χ3n) is 3.81. The SMILES string of the molecule is Cc1cc2c(NCc3ccc4c(c3)CNC4)ncnc2s1. The van der Waals surface area contributed by atoms with Crippen LogP contribution in [0.15, 0.2) is 30.6 Å². The van der Waals surface area contributed by atoms with Crippen LogP contribution in [0.3, 0.4) is 0 Å². The third-order valence-corrected chi connectivity index (χ3v) is 4.77. The van der Waals surface area contributed by atoms with Crippen LogP contribution in [0.4, 0.5) is 5.82 Å². The van der Waals surface area contributed by atoms with E-state index >= 15 is 0 Å². The summed E-state index contributed by atoms with van der Waals surface area (Å²) in [5.41, 5.74) is 4.11. The Morgan fingerprint density at radius 2 is 2.10 bits per heavy atom. The Morgan fingerprint density at radius 3 is 3.05 bits per heavy atom. The quantitative estimate of drug-likeness (QED) is 0.779. The minimum Gasteiger partial charge on any atom is -0.365 e.